The van der Waals surface area contributed by atoms with Gasteiger partial charge in [0.25, 0.3) is 0 Å². The minimum absolute atomic E-state index is 0.00336. The van der Waals surface area contributed by atoms with Gasteiger partial charge in [-0.2, -0.15) is 0 Å². The molecule has 2 rings (SSSR count). The molecule has 2 aromatic rings. The second kappa shape index (κ2) is 17.8. The van der Waals surface area contributed by atoms with Gasteiger partial charge in [0.2, 0.25) is 5.91 Å². The number of rotatable bonds is 19. The van der Waals surface area contributed by atoms with Gasteiger partial charge in [0.15, 0.2) is 23.9 Å². The lowest BCUT2D eigenvalue weighted by atomic mass is 10.1. The molecule has 5 nitrogen and oxygen atoms in total. The van der Waals surface area contributed by atoms with E-state index in [0.29, 0.717) is 25.3 Å². The number of pyridine rings is 1. The van der Waals surface area contributed by atoms with Crippen LogP contribution in [-0.2, 0) is 24.3 Å². The molecule has 194 valence electrons. The van der Waals surface area contributed by atoms with Gasteiger partial charge in [0, 0.05) is 25.1 Å². The molecule has 0 unspecified atom stereocenters. The van der Waals surface area contributed by atoms with E-state index in [1.54, 1.807) is 7.11 Å². The molecular weight excluding hydrogens is 436 g/mol. The first-order valence-electron chi connectivity index (χ1n) is 13.7. The fraction of sp³-hybridized carbons (Fsp3) is 0.600. The van der Waals surface area contributed by atoms with E-state index in [-0.39, 0.29) is 5.91 Å². The molecule has 0 aliphatic heterocycles. The molecular formula is C30H47N2O3+. The second-order valence-corrected chi connectivity index (χ2v) is 9.41. The smallest absolute Gasteiger partial charge is 0.224 e. The quantitative estimate of drug-likeness (QED) is 0.182. The predicted octanol–water partition coefficient (Wildman–Crippen LogP) is 6.55. The Morgan fingerprint density at radius 2 is 1.46 bits per heavy atom. The van der Waals surface area contributed by atoms with Gasteiger partial charge in [-0.05, 0) is 29.7 Å². The van der Waals surface area contributed by atoms with Crippen LogP contribution in [0.2, 0.25) is 0 Å². The van der Waals surface area contributed by atoms with Crippen molar-refractivity contribution < 1.29 is 18.8 Å². The number of hydrogen-bond donors (Lipinski definition) is 1. The fourth-order valence-corrected chi connectivity index (χ4v) is 4.17. The standard InChI is InChI=1S/C30H46N2O3/c1-4-6-7-8-9-10-11-12-13-14-22-35-28-16-15-27(23-29(28)34-3)24-30(33)31-25-26-17-20-32(19-5-2)21-18-26/h15-18,20-21,23H,4-14,19,22,24-25H2,1-3H3/p+1. The summed E-state index contributed by atoms with van der Waals surface area (Å²) in [4.78, 5) is 12.4. The third-order valence-corrected chi connectivity index (χ3v) is 6.28. The van der Waals surface area contributed by atoms with E-state index in [0.717, 1.165) is 36.3 Å². The summed E-state index contributed by atoms with van der Waals surface area (Å²) in [7, 11) is 1.65. The lowest BCUT2D eigenvalue weighted by molar-refractivity contribution is -0.697. The number of nitrogens with one attached hydrogen (secondary N) is 1. The van der Waals surface area contributed by atoms with Crippen molar-refractivity contribution in [3.63, 3.8) is 0 Å². The number of carbonyl (C=O) groups excluding carboxylic acids is 1. The number of nitrogens with zero attached hydrogens (tertiary/aromatic N) is 1. The van der Waals surface area contributed by atoms with E-state index < -0.39 is 0 Å². The van der Waals surface area contributed by atoms with Crippen molar-refractivity contribution >= 4 is 5.91 Å². The number of ether oxygens (including phenoxy) is 2. The van der Waals surface area contributed by atoms with Crippen LogP contribution in [0.4, 0.5) is 0 Å². The SMILES string of the molecule is CCCCCCCCCCCCOc1ccc(CC(=O)NCc2cc[n+](CCC)cc2)cc1OC. The van der Waals surface area contributed by atoms with Gasteiger partial charge in [-0.15, -0.1) is 0 Å². The average Bonchev–Trinajstić information content (AvgIpc) is 2.87. The Kier molecular flexibility index (Phi) is 14.6. The molecule has 35 heavy (non-hydrogen) atoms. The number of aromatic nitrogens is 1. The Morgan fingerprint density at radius 3 is 2.09 bits per heavy atom. The molecule has 0 fully saturated rings. The van der Waals surface area contributed by atoms with Crippen molar-refractivity contribution in [1.29, 1.82) is 0 Å². The maximum atomic E-state index is 12.4. The first kappa shape index (κ1) is 28.7. The summed E-state index contributed by atoms with van der Waals surface area (Å²) in [6, 6.07) is 9.89. The Bertz CT molecular complexity index is 836. The lowest BCUT2D eigenvalue weighted by Crippen LogP contribution is -2.32. The Morgan fingerprint density at radius 1 is 0.800 bits per heavy atom. The second-order valence-electron chi connectivity index (χ2n) is 9.41. The van der Waals surface area contributed by atoms with E-state index in [1.807, 2.05) is 18.2 Å². The average molecular weight is 484 g/mol. The number of aryl methyl sites for hydroxylation is 1. The van der Waals surface area contributed by atoms with Gasteiger partial charge >= 0.3 is 0 Å². The summed E-state index contributed by atoms with van der Waals surface area (Å²) in [6.45, 7) is 6.66. The number of benzene rings is 1. The van der Waals surface area contributed by atoms with Crippen LogP contribution in [0.15, 0.2) is 42.7 Å². The van der Waals surface area contributed by atoms with Crippen molar-refractivity contribution in [2.45, 2.75) is 104 Å². The third-order valence-electron chi connectivity index (χ3n) is 6.28. The summed E-state index contributed by atoms with van der Waals surface area (Å²) in [5, 5.41) is 3.01. The fourth-order valence-electron chi connectivity index (χ4n) is 4.17. The van der Waals surface area contributed by atoms with Crippen molar-refractivity contribution in [2.24, 2.45) is 0 Å². The molecule has 1 amide bonds. The number of methoxy groups -OCH3 is 1. The highest BCUT2D eigenvalue weighted by Crippen LogP contribution is 2.28. The highest BCUT2D eigenvalue weighted by atomic mass is 16.5. The molecule has 0 spiro atoms. The van der Waals surface area contributed by atoms with Gasteiger partial charge in [-0.1, -0.05) is 77.7 Å². The summed E-state index contributed by atoms with van der Waals surface area (Å²) < 4.78 is 13.6. The van der Waals surface area contributed by atoms with E-state index in [4.69, 9.17) is 9.47 Å². The first-order chi connectivity index (χ1) is 17.2. The summed E-state index contributed by atoms with van der Waals surface area (Å²) in [5.41, 5.74) is 2.01. The minimum atomic E-state index is -0.00336. The van der Waals surface area contributed by atoms with E-state index in [1.165, 1.54) is 57.8 Å². The molecule has 1 aromatic heterocycles. The largest absolute Gasteiger partial charge is 0.493 e. The molecule has 0 aliphatic carbocycles. The highest BCUT2D eigenvalue weighted by molar-refractivity contribution is 5.78. The topological polar surface area (TPSA) is 51.4 Å². The van der Waals surface area contributed by atoms with Crippen LogP contribution in [-0.4, -0.2) is 19.6 Å². The third kappa shape index (κ3) is 12.1. The maximum absolute atomic E-state index is 12.4. The molecule has 0 saturated carbocycles. The molecule has 1 heterocycles. The molecule has 0 radical (unpaired) electrons. The van der Waals surface area contributed by atoms with E-state index in [9.17, 15) is 4.79 Å². The molecule has 0 bridgehead atoms. The number of unbranched alkanes of at least 4 members (excludes halogenated alkanes) is 9. The minimum Gasteiger partial charge on any atom is -0.493 e. The van der Waals surface area contributed by atoms with Crippen LogP contribution in [0.5, 0.6) is 11.5 Å². The van der Waals surface area contributed by atoms with Crippen LogP contribution in [0, 0.1) is 0 Å². The van der Waals surface area contributed by atoms with Gasteiger partial charge < -0.3 is 14.8 Å². The summed E-state index contributed by atoms with van der Waals surface area (Å²) in [5.74, 6) is 1.43. The monoisotopic (exact) mass is 483 g/mol. The Hall–Kier alpha value is -2.56. The van der Waals surface area contributed by atoms with Gasteiger partial charge in [-0.25, -0.2) is 4.57 Å². The lowest BCUT2D eigenvalue weighted by Gasteiger charge is -2.12. The Balaban J connectivity index is 1.65. The van der Waals surface area contributed by atoms with E-state index >= 15 is 0 Å². The molecule has 0 aliphatic rings. The van der Waals surface area contributed by atoms with Crippen LogP contribution in [0.1, 0.15) is 95.6 Å². The number of amides is 1. The van der Waals surface area contributed by atoms with Gasteiger partial charge in [-0.3, -0.25) is 4.79 Å². The zero-order valence-electron chi connectivity index (χ0n) is 22.3. The maximum Gasteiger partial charge on any atom is 0.224 e. The van der Waals surface area contributed by atoms with Crippen LogP contribution < -0.4 is 19.4 Å². The van der Waals surface area contributed by atoms with Crippen molar-refractivity contribution in [3.05, 3.63) is 53.9 Å². The summed E-state index contributed by atoms with van der Waals surface area (Å²) in [6.07, 6.45) is 18.6. The number of hydrogen-bond acceptors (Lipinski definition) is 3. The molecule has 1 N–H and O–H groups in total. The normalized spacial score (nSPS) is 10.8. The first-order valence-corrected chi connectivity index (χ1v) is 13.7. The van der Waals surface area contributed by atoms with Crippen molar-refractivity contribution in [2.75, 3.05) is 13.7 Å². The zero-order chi connectivity index (χ0) is 25.1. The molecule has 0 atom stereocenters. The van der Waals surface area contributed by atoms with Gasteiger partial charge in [0.1, 0.15) is 6.54 Å². The Labute approximate surface area is 213 Å². The van der Waals surface area contributed by atoms with Crippen molar-refractivity contribution in [1.82, 2.24) is 5.32 Å². The highest BCUT2D eigenvalue weighted by Gasteiger charge is 2.10. The summed E-state index contributed by atoms with van der Waals surface area (Å²) >= 11 is 0. The van der Waals surface area contributed by atoms with Crippen LogP contribution >= 0.6 is 0 Å². The molecule has 5 heteroatoms. The molecule has 0 saturated heterocycles. The van der Waals surface area contributed by atoms with Crippen LogP contribution in [0.25, 0.3) is 0 Å². The van der Waals surface area contributed by atoms with Gasteiger partial charge in [0.05, 0.1) is 20.1 Å². The number of carbonyl (C=O) groups is 1. The van der Waals surface area contributed by atoms with Crippen molar-refractivity contribution in [3.8, 4) is 11.5 Å². The predicted molar refractivity (Wildman–Crippen MR) is 143 cm³/mol. The zero-order valence-corrected chi connectivity index (χ0v) is 22.3. The molecule has 1 aromatic carbocycles. The van der Waals surface area contributed by atoms with E-state index in [2.05, 4.69) is 48.3 Å². The van der Waals surface area contributed by atoms with Crippen LogP contribution in [0.3, 0.4) is 0 Å².